The van der Waals surface area contributed by atoms with Gasteiger partial charge in [0.25, 0.3) is 0 Å². The molecule has 0 aliphatic carbocycles. The Bertz CT molecular complexity index is 1380. The van der Waals surface area contributed by atoms with Crippen LogP contribution in [0.1, 0.15) is 27.2 Å². The van der Waals surface area contributed by atoms with Crippen molar-refractivity contribution in [3.63, 3.8) is 0 Å². The highest BCUT2D eigenvalue weighted by molar-refractivity contribution is 6.31. The molecule has 2 heterocycles. The molecule has 0 spiro atoms. The van der Waals surface area contributed by atoms with Crippen LogP contribution in [0.4, 0.5) is 0 Å². The van der Waals surface area contributed by atoms with Crippen molar-refractivity contribution in [2.45, 2.75) is 6.54 Å². The largest absolute Gasteiger partial charge is 0.481 e. The summed E-state index contributed by atoms with van der Waals surface area (Å²) in [6.45, 7) is 0.443. The zero-order chi connectivity index (χ0) is 22.7. The molecule has 2 aromatic heterocycles. The van der Waals surface area contributed by atoms with Crippen molar-refractivity contribution in [3.8, 4) is 11.9 Å². The number of pyridine rings is 1. The lowest BCUT2D eigenvalue weighted by atomic mass is 10.0. The summed E-state index contributed by atoms with van der Waals surface area (Å²) in [6.07, 6.45) is 3.37. The van der Waals surface area contributed by atoms with Gasteiger partial charge in [-0.1, -0.05) is 29.8 Å². The smallest absolute Gasteiger partial charge is 0.335 e. The van der Waals surface area contributed by atoms with E-state index in [0.717, 1.165) is 16.5 Å². The van der Waals surface area contributed by atoms with E-state index < -0.39 is 5.97 Å². The number of methoxy groups -OCH3 is 1. The zero-order valence-electron chi connectivity index (χ0n) is 17.0. The summed E-state index contributed by atoms with van der Waals surface area (Å²) < 4.78 is 6.90. The van der Waals surface area contributed by atoms with Crippen LogP contribution in [0, 0.1) is 11.3 Å². The summed E-state index contributed by atoms with van der Waals surface area (Å²) in [7, 11) is 1.56. The Hall–Kier alpha value is -4.15. The number of aromatic nitrogens is 3. The number of carbonyl (C=O) groups is 1. The van der Waals surface area contributed by atoms with Crippen LogP contribution < -0.4 is 4.74 Å². The number of rotatable bonds is 6. The Labute approximate surface area is 188 Å². The minimum Gasteiger partial charge on any atom is -0.481 e. The molecule has 8 heteroatoms. The van der Waals surface area contributed by atoms with Gasteiger partial charge in [0.1, 0.15) is 0 Å². The van der Waals surface area contributed by atoms with Crippen LogP contribution in [-0.2, 0) is 6.54 Å². The van der Waals surface area contributed by atoms with Gasteiger partial charge in [-0.25, -0.2) is 9.78 Å². The molecule has 158 valence electrons. The monoisotopic (exact) mass is 444 g/mol. The molecule has 0 atom stereocenters. The van der Waals surface area contributed by atoms with Gasteiger partial charge in [-0.2, -0.15) is 10.4 Å². The molecule has 7 nitrogen and oxygen atoms in total. The van der Waals surface area contributed by atoms with Crippen LogP contribution in [0.5, 0.6) is 5.88 Å². The third-order valence-electron chi connectivity index (χ3n) is 4.90. The van der Waals surface area contributed by atoms with E-state index in [1.807, 2.05) is 18.2 Å². The number of ether oxygens (including phenoxy) is 1. The molecule has 0 aliphatic rings. The van der Waals surface area contributed by atoms with Crippen LogP contribution in [-0.4, -0.2) is 33.0 Å². The van der Waals surface area contributed by atoms with Gasteiger partial charge in [-0.05, 0) is 47.5 Å². The molecule has 0 unspecified atom stereocenters. The number of nitrogens with zero attached hydrogens (tertiary/aromatic N) is 4. The van der Waals surface area contributed by atoms with Gasteiger partial charge >= 0.3 is 5.97 Å². The summed E-state index contributed by atoms with van der Waals surface area (Å²) in [4.78, 5) is 15.5. The van der Waals surface area contributed by atoms with Crippen molar-refractivity contribution in [1.82, 2.24) is 14.8 Å². The highest BCUT2D eigenvalue weighted by Crippen LogP contribution is 2.27. The molecular formula is C24H17ClN4O3. The maximum absolute atomic E-state index is 11.3. The number of nitriles is 1. The maximum atomic E-state index is 11.3. The summed E-state index contributed by atoms with van der Waals surface area (Å²) in [5.74, 6) is -0.533. The number of allylic oxidation sites excluding steroid dienone is 1. The fourth-order valence-corrected chi connectivity index (χ4v) is 3.50. The number of carboxylic acid groups (broad SMARTS) is 1. The second-order valence-electron chi connectivity index (χ2n) is 6.97. The summed E-state index contributed by atoms with van der Waals surface area (Å²) in [6, 6.07) is 17.5. The van der Waals surface area contributed by atoms with Crippen molar-refractivity contribution >= 4 is 40.1 Å². The Morgan fingerprint density at radius 3 is 2.72 bits per heavy atom. The number of aromatic carboxylic acids is 1. The molecule has 0 aliphatic heterocycles. The van der Waals surface area contributed by atoms with E-state index >= 15 is 0 Å². The van der Waals surface area contributed by atoms with E-state index in [-0.39, 0.29) is 5.56 Å². The van der Waals surface area contributed by atoms with Crippen LogP contribution in [0.25, 0.3) is 22.6 Å². The molecular weight excluding hydrogens is 428 g/mol. The van der Waals surface area contributed by atoms with E-state index in [0.29, 0.717) is 34.3 Å². The molecule has 2 aromatic carbocycles. The molecule has 0 bridgehead atoms. The number of hydrogen-bond donors (Lipinski definition) is 1. The SMILES string of the molecule is COc1ccc(Cn2nc(/C=C(\C#N)c3cccc(C(=O)O)c3)c3ccc(Cl)cc32)cn1. The van der Waals surface area contributed by atoms with Crippen LogP contribution in [0.2, 0.25) is 5.02 Å². The quantitative estimate of drug-likeness (QED) is 0.424. The Morgan fingerprint density at radius 1 is 1.22 bits per heavy atom. The highest BCUT2D eigenvalue weighted by Gasteiger charge is 2.13. The summed E-state index contributed by atoms with van der Waals surface area (Å²) in [5, 5.41) is 25.1. The Morgan fingerprint density at radius 2 is 2.03 bits per heavy atom. The third kappa shape index (κ3) is 4.31. The lowest BCUT2D eigenvalue weighted by Crippen LogP contribution is -2.02. The average Bonchev–Trinajstić information content (AvgIpc) is 3.14. The van der Waals surface area contributed by atoms with E-state index in [1.54, 1.807) is 48.3 Å². The standard InChI is InChI=1S/C24H17ClN4O3/c1-32-23-8-5-15(13-27-23)14-29-22-11-19(25)6-7-20(22)21(28-29)10-18(12-26)16-3-2-4-17(9-16)24(30)31/h2-11,13H,14H2,1H3,(H,30,31)/b18-10+. The minimum atomic E-state index is -1.05. The lowest BCUT2D eigenvalue weighted by molar-refractivity contribution is 0.0697. The molecule has 0 fully saturated rings. The summed E-state index contributed by atoms with van der Waals surface area (Å²) >= 11 is 6.23. The molecule has 4 aromatic rings. The van der Waals surface area contributed by atoms with E-state index in [4.69, 9.17) is 21.4 Å². The normalized spacial score (nSPS) is 11.3. The molecule has 0 saturated heterocycles. The van der Waals surface area contributed by atoms with Gasteiger partial charge in [-0.3, -0.25) is 4.68 Å². The first-order valence-electron chi connectivity index (χ1n) is 9.59. The van der Waals surface area contributed by atoms with Crippen LogP contribution in [0.15, 0.2) is 60.8 Å². The second-order valence-corrected chi connectivity index (χ2v) is 7.41. The second kappa shape index (κ2) is 8.92. The van der Waals surface area contributed by atoms with Crippen molar-refractivity contribution in [2.24, 2.45) is 0 Å². The fraction of sp³-hybridized carbons (Fsp3) is 0.0833. The Kier molecular flexibility index (Phi) is 5.88. The number of benzene rings is 2. The van der Waals surface area contributed by atoms with Crippen molar-refractivity contribution in [3.05, 3.63) is 88.2 Å². The lowest BCUT2D eigenvalue weighted by Gasteiger charge is -2.05. The van der Waals surface area contributed by atoms with Gasteiger partial charge in [0.2, 0.25) is 5.88 Å². The van der Waals surface area contributed by atoms with Crippen molar-refractivity contribution in [1.29, 1.82) is 5.26 Å². The first-order valence-corrected chi connectivity index (χ1v) is 9.97. The van der Waals surface area contributed by atoms with Gasteiger partial charge in [0, 0.05) is 22.7 Å². The van der Waals surface area contributed by atoms with Gasteiger partial charge < -0.3 is 9.84 Å². The highest BCUT2D eigenvalue weighted by atomic mass is 35.5. The molecule has 0 amide bonds. The van der Waals surface area contributed by atoms with E-state index in [1.165, 1.54) is 12.1 Å². The number of carboxylic acids is 1. The van der Waals surface area contributed by atoms with Crippen molar-refractivity contribution < 1.29 is 14.6 Å². The molecule has 0 radical (unpaired) electrons. The number of halogens is 1. The minimum absolute atomic E-state index is 0.109. The maximum Gasteiger partial charge on any atom is 0.335 e. The number of hydrogen-bond acceptors (Lipinski definition) is 5. The van der Waals surface area contributed by atoms with Gasteiger partial charge in [-0.15, -0.1) is 0 Å². The average molecular weight is 445 g/mol. The zero-order valence-corrected chi connectivity index (χ0v) is 17.7. The first-order chi connectivity index (χ1) is 15.5. The van der Waals surface area contributed by atoms with E-state index in [9.17, 15) is 15.2 Å². The van der Waals surface area contributed by atoms with Crippen molar-refractivity contribution in [2.75, 3.05) is 7.11 Å². The van der Waals surface area contributed by atoms with Gasteiger partial charge in [0.05, 0.1) is 42.1 Å². The first kappa shape index (κ1) is 21.1. The third-order valence-corrected chi connectivity index (χ3v) is 5.14. The molecule has 1 N–H and O–H groups in total. The molecule has 32 heavy (non-hydrogen) atoms. The van der Waals surface area contributed by atoms with Crippen LogP contribution in [0.3, 0.4) is 0 Å². The Balaban J connectivity index is 1.79. The predicted molar refractivity (Wildman–Crippen MR) is 122 cm³/mol. The van der Waals surface area contributed by atoms with Crippen LogP contribution >= 0.6 is 11.6 Å². The summed E-state index contributed by atoms with van der Waals surface area (Å²) in [5.41, 5.74) is 3.22. The fourth-order valence-electron chi connectivity index (χ4n) is 3.33. The number of fused-ring (bicyclic) bond motifs is 1. The topological polar surface area (TPSA) is 101 Å². The molecule has 0 saturated carbocycles. The van der Waals surface area contributed by atoms with Gasteiger partial charge in [0.15, 0.2) is 0 Å². The van der Waals surface area contributed by atoms with E-state index in [2.05, 4.69) is 11.1 Å². The molecule has 4 rings (SSSR count). The predicted octanol–water partition coefficient (Wildman–Crippen LogP) is 4.90.